The van der Waals surface area contributed by atoms with Crippen molar-refractivity contribution in [3.8, 4) is 34.0 Å². The molecule has 0 bridgehead atoms. The molecule has 3 heterocycles. The molecule has 2 aromatic carbocycles. The van der Waals surface area contributed by atoms with Gasteiger partial charge in [0.1, 0.15) is 5.75 Å². The highest BCUT2D eigenvalue weighted by molar-refractivity contribution is 5.79. The van der Waals surface area contributed by atoms with E-state index in [0.717, 1.165) is 52.0 Å². The molecule has 182 valence electrons. The highest BCUT2D eigenvalue weighted by atomic mass is 16.5. The van der Waals surface area contributed by atoms with Crippen molar-refractivity contribution in [1.29, 1.82) is 0 Å². The molecule has 0 spiro atoms. The molecular weight excluding hydrogens is 454 g/mol. The number of imidazole rings is 1. The largest absolute Gasteiger partial charge is 0.495 e. The SMILES string of the molecule is CCCc1cn(-c2c(C)cccc2OC)c(=O)n1Cc1ccc(-c2ccncc2-c2nn[nH]n2)cc1. The maximum absolute atomic E-state index is 13.6. The van der Waals surface area contributed by atoms with E-state index < -0.39 is 0 Å². The number of aryl methyl sites for hydroxylation is 2. The van der Waals surface area contributed by atoms with Gasteiger partial charge in [-0.25, -0.2) is 4.79 Å². The van der Waals surface area contributed by atoms with Crippen LogP contribution in [0.25, 0.3) is 28.2 Å². The molecule has 0 radical (unpaired) electrons. The molecule has 0 unspecified atom stereocenters. The van der Waals surface area contributed by atoms with Gasteiger partial charge in [0, 0.05) is 29.8 Å². The first kappa shape index (κ1) is 23.2. The lowest BCUT2D eigenvalue weighted by Crippen LogP contribution is -2.25. The fraction of sp³-hybridized carbons (Fsp3) is 0.222. The number of nitrogens with zero attached hydrogens (tertiary/aromatic N) is 6. The molecule has 9 nitrogen and oxygen atoms in total. The molecule has 0 atom stereocenters. The number of hydrogen-bond donors (Lipinski definition) is 1. The molecule has 0 aliphatic carbocycles. The van der Waals surface area contributed by atoms with Crippen molar-refractivity contribution in [2.45, 2.75) is 33.2 Å². The summed E-state index contributed by atoms with van der Waals surface area (Å²) in [6.07, 6.45) is 7.16. The molecule has 0 saturated carbocycles. The number of methoxy groups -OCH3 is 1. The standard InChI is InChI=1S/C27H27N7O2/c1-4-6-21-17-34(25-18(2)7-5-8-24(25)36-3)27(35)33(21)16-19-9-11-20(12-10-19)22-13-14-28-15-23(22)26-29-31-32-30-26/h5,7-15,17H,4,6,16H2,1-3H3,(H,29,30,31,32). The van der Waals surface area contributed by atoms with Crippen molar-refractivity contribution >= 4 is 0 Å². The molecule has 0 fully saturated rings. The van der Waals surface area contributed by atoms with Gasteiger partial charge in [0.05, 0.1) is 19.3 Å². The molecule has 5 rings (SSSR count). The molecule has 36 heavy (non-hydrogen) atoms. The smallest absolute Gasteiger partial charge is 0.333 e. The number of aromatic amines is 1. The second-order valence-corrected chi connectivity index (χ2v) is 8.59. The second-order valence-electron chi connectivity index (χ2n) is 8.59. The van der Waals surface area contributed by atoms with Gasteiger partial charge in [0.15, 0.2) is 0 Å². The monoisotopic (exact) mass is 481 g/mol. The maximum Gasteiger partial charge on any atom is 0.333 e. The van der Waals surface area contributed by atoms with E-state index >= 15 is 0 Å². The Morgan fingerprint density at radius 2 is 1.89 bits per heavy atom. The number of para-hydroxylation sites is 1. The maximum atomic E-state index is 13.6. The first-order chi connectivity index (χ1) is 17.6. The quantitative estimate of drug-likeness (QED) is 0.356. The van der Waals surface area contributed by atoms with Crippen LogP contribution in [0.3, 0.4) is 0 Å². The third kappa shape index (κ3) is 4.31. The number of aromatic nitrogens is 7. The Hall–Kier alpha value is -4.53. The molecule has 9 heteroatoms. The Labute approximate surface area is 208 Å². The van der Waals surface area contributed by atoms with E-state index in [1.165, 1.54) is 0 Å². The minimum Gasteiger partial charge on any atom is -0.495 e. The van der Waals surface area contributed by atoms with E-state index in [0.29, 0.717) is 18.1 Å². The number of ether oxygens (including phenoxy) is 1. The van der Waals surface area contributed by atoms with Crippen molar-refractivity contribution in [3.05, 3.63) is 94.4 Å². The number of H-pyrrole nitrogens is 1. The van der Waals surface area contributed by atoms with Crippen molar-refractivity contribution < 1.29 is 4.74 Å². The zero-order valence-corrected chi connectivity index (χ0v) is 20.5. The Morgan fingerprint density at radius 1 is 1.06 bits per heavy atom. The summed E-state index contributed by atoms with van der Waals surface area (Å²) in [5.74, 6) is 1.17. The number of hydrogen-bond acceptors (Lipinski definition) is 6. The van der Waals surface area contributed by atoms with E-state index in [1.807, 2.05) is 66.2 Å². The van der Waals surface area contributed by atoms with E-state index in [1.54, 1.807) is 24.1 Å². The topological polar surface area (TPSA) is 104 Å². The molecule has 3 aromatic heterocycles. The molecule has 0 aliphatic heterocycles. The van der Waals surface area contributed by atoms with Crippen LogP contribution in [-0.4, -0.2) is 41.9 Å². The van der Waals surface area contributed by atoms with Crippen LogP contribution in [0.4, 0.5) is 0 Å². The van der Waals surface area contributed by atoms with Gasteiger partial charge in [-0.1, -0.05) is 49.7 Å². The third-order valence-electron chi connectivity index (χ3n) is 6.24. The third-order valence-corrected chi connectivity index (χ3v) is 6.24. The van der Waals surface area contributed by atoms with Crippen molar-refractivity contribution in [1.82, 2.24) is 34.7 Å². The number of tetrazole rings is 1. The van der Waals surface area contributed by atoms with Crippen LogP contribution in [0.5, 0.6) is 5.75 Å². The lowest BCUT2D eigenvalue weighted by molar-refractivity contribution is 0.412. The molecule has 1 N–H and O–H groups in total. The van der Waals surface area contributed by atoms with Crippen LogP contribution in [0, 0.1) is 6.92 Å². The Bertz CT molecular complexity index is 1530. The normalized spacial score (nSPS) is 11.1. The summed E-state index contributed by atoms with van der Waals surface area (Å²) >= 11 is 0. The van der Waals surface area contributed by atoms with Crippen LogP contribution in [0.2, 0.25) is 0 Å². The molecule has 0 amide bonds. The van der Waals surface area contributed by atoms with Crippen molar-refractivity contribution in [2.75, 3.05) is 7.11 Å². The molecule has 0 saturated heterocycles. The lowest BCUT2D eigenvalue weighted by Gasteiger charge is -2.11. The first-order valence-electron chi connectivity index (χ1n) is 11.8. The van der Waals surface area contributed by atoms with Gasteiger partial charge in [0.25, 0.3) is 0 Å². The summed E-state index contributed by atoms with van der Waals surface area (Å²) in [7, 11) is 1.63. The van der Waals surface area contributed by atoms with Crippen LogP contribution in [0.15, 0.2) is 71.9 Å². The summed E-state index contributed by atoms with van der Waals surface area (Å²) in [5.41, 5.74) is 6.46. The summed E-state index contributed by atoms with van der Waals surface area (Å²) < 4.78 is 9.13. The van der Waals surface area contributed by atoms with Crippen molar-refractivity contribution in [3.63, 3.8) is 0 Å². The van der Waals surface area contributed by atoms with E-state index in [4.69, 9.17) is 4.74 Å². The van der Waals surface area contributed by atoms with Gasteiger partial charge in [-0.3, -0.25) is 14.1 Å². The zero-order valence-electron chi connectivity index (χ0n) is 20.5. The lowest BCUT2D eigenvalue weighted by atomic mass is 10.00. The van der Waals surface area contributed by atoms with Gasteiger partial charge in [-0.05, 0) is 52.9 Å². The fourth-order valence-electron chi connectivity index (χ4n) is 4.49. The summed E-state index contributed by atoms with van der Waals surface area (Å²) in [5, 5.41) is 14.3. The average molecular weight is 482 g/mol. The zero-order chi connectivity index (χ0) is 25.1. The minimum absolute atomic E-state index is 0.0800. The Kier molecular flexibility index (Phi) is 6.44. The highest BCUT2D eigenvalue weighted by Gasteiger charge is 2.17. The minimum atomic E-state index is -0.0800. The Balaban J connectivity index is 1.50. The number of benzene rings is 2. The summed E-state index contributed by atoms with van der Waals surface area (Å²) in [4.78, 5) is 17.8. The van der Waals surface area contributed by atoms with Gasteiger partial charge in [-0.15, -0.1) is 10.2 Å². The predicted octanol–water partition coefficient (Wildman–Crippen LogP) is 4.20. The van der Waals surface area contributed by atoms with E-state index in [9.17, 15) is 4.79 Å². The van der Waals surface area contributed by atoms with Crippen LogP contribution in [-0.2, 0) is 13.0 Å². The van der Waals surface area contributed by atoms with E-state index in [2.05, 4.69) is 32.5 Å². The van der Waals surface area contributed by atoms with Crippen LogP contribution in [0.1, 0.15) is 30.2 Å². The van der Waals surface area contributed by atoms with E-state index in [-0.39, 0.29) is 5.69 Å². The number of nitrogens with one attached hydrogen (secondary N) is 1. The van der Waals surface area contributed by atoms with Gasteiger partial charge < -0.3 is 4.74 Å². The Morgan fingerprint density at radius 3 is 2.61 bits per heavy atom. The van der Waals surface area contributed by atoms with Gasteiger partial charge in [-0.2, -0.15) is 5.21 Å². The number of rotatable bonds is 8. The summed E-state index contributed by atoms with van der Waals surface area (Å²) in [6, 6.07) is 15.9. The highest BCUT2D eigenvalue weighted by Crippen LogP contribution is 2.29. The molecular formula is C27H27N7O2. The van der Waals surface area contributed by atoms with Crippen molar-refractivity contribution in [2.24, 2.45) is 0 Å². The fourth-order valence-corrected chi connectivity index (χ4v) is 4.49. The van der Waals surface area contributed by atoms with Crippen LogP contribution >= 0.6 is 0 Å². The average Bonchev–Trinajstić information content (AvgIpc) is 3.54. The van der Waals surface area contributed by atoms with Crippen LogP contribution < -0.4 is 10.4 Å². The first-order valence-corrected chi connectivity index (χ1v) is 11.8. The summed E-state index contributed by atoms with van der Waals surface area (Å²) in [6.45, 7) is 4.58. The molecule has 5 aromatic rings. The van der Waals surface area contributed by atoms with Gasteiger partial charge >= 0.3 is 5.69 Å². The second kappa shape index (κ2) is 9.99. The van der Waals surface area contributed by atoms with Gasteiger partial charge in [0.2, 0.25) is 5.82 Å². The number of pyridine rings is 1. The molecule has 0 aliphatic rings. The predicted molar refractivity (Wildman–Crippen MR) is 137 cm³/mol.